The minimum Gasteiger partial charge on any atom is -0.300 e. The van der Waals surface area contributed by atoms with Crippen molar-refractivity contribution >= 4 is 5.78 Å². The van der Waals surface area contributed by atoms with Gasteiger partial charge in [0.15, 0.2) is 0 Å². The standard InChI is InChI=1S/C18H18O/c19-18-12-10-17(11-13-18)16-8-6-15(7-9-16)14-4-2-1-3-5-14/h1-9,17H,10-13H2. The summed E-state index contributed by atoms with van der Waals surface area (Å²) in [6.07, 6.45) is 3.54. The van der Waals surface area contributed by atoms with E-state index in [0.717, 1.165) is 25.7 Å². The molecule has 0 radical (unpaired) electrons. The average molecular weight is 250 g/mol. The van der Waals surface area contributed by atoms with Crippen LogP contribution in [0.15, 0.2) is 54.6 Å². The van der Waals surface area contributed by atoms with Crippen LogP contribution in [0.5, 0.6) is 0 Å². The molecule has 2 aromatic rings. The monoisotopic (exact) mass is 250 g/mol. The third-order valence-electron chi connectivity index (χ3n) is 4.03. The maximum absolute atomic E-state index is 11.3. The molecule has 1 fully saturated rings. The van der Waals surface area contributed by atoms with Crippen LogP contribution in [-0.2, 0) is 4.79 Å². The molecule has 1 aliphatic rings. The molecule has 2 aromatic carbocycles. The van der Waals surface area contributed by atoms with E-state index in [0.29, 0.717) is 11.7 Å². The Morgan fingerprint density at radius 1 is 0.737 bits per heavy atom. The van der Waals surface area contributed by atoms with Gasteiger partial charge in [0.25, 0.3) is 0 Å². The molecule has 96 valence electrons. The van der Waals surface area contributed by atoms with Crippen LogP contribution in [0.1, 0.15) is 37.2 Å². The van der Waals surface area contributed by atoms with Crippen LogP contribution in [0.25, 0.3) is 11.1 Å². The fraction of sp³-hybridized carbons (Fsp3) is 0.278. The highest BCUT2D eigenvalue weighted by Gasteiger charge is 2.19. The first kappa shape index (κ1) is 12.2. The summed E-state index contributed by atoms with van der Waals surface area (Å²) in [5, 5.41) is 0. The minimum absolute atomic E-state index is 0.428. The molecule has 0 spiro atoms. The Hall–Kier alpha value is -1.89. The molecule has 0 saturated heterocycles. The van der Waals surface area contributed by atoms with E-state index in [2.05, 4.69) is 48.5 Å². The van der Waals surface area contributed by atoms with Gasteiger partial charge in [0.2, 0.25) is 0 Å². The van der Waals surface area contributed by atoms with Crippen molar-refractivity contribution < 1.29 is 4.79 Å². The summed E-state index contributed by atoms with van der Waals surface area (Å²) >= 11 is 0. The number of Topliss-reactive ketones (excluding diaryl/α,β-unsaturated/α-hetero) is 1. The van der Waals surface area contributed by atoms with Crippen LogP contribution < -0.4 is 0 Å². The number of hydrogen-bond donors (Lipinski definition) is 0. The van der Waals surface area contributed by atoms with Crippen LogP contribution in [0.4, 0.5) is 0 Å². The molecule has 0 aliphatic heterocycles. The highest BCUT2D eigenvalue weighted by molar-refractivity contribution is 5.79. The number of carbonyl (C=O) groups excluding carboxylic acids is 1. The molecule has 1 nitrogen and oxygen atoms in total. The molecule has 0 amide bonds. The molecule has 0 atom stereocenters. The van der Waals surface area contributed by atoms with Crippen LogP contribution in [-0.4, -0.2) is 5.78 Å². The SMILES string of the molecule is O=C1CCC(c2ccc(-c3ccccc3)cc2)CC1. The van der Waals surface area contributed by atoms with E-state index in [1.807, 2.05) is 6.07 Å². The largest absolute Gasteiger partial charge is 0.300 e. The van der Waals surface area contributed by atoms with Gasteiger partial charge in [-0.15, -0.1) is 0 Å². The Balaban J connectivity index is 1.78. The number of rotatable bonds is 2. The molecule has 19 heavy (non-hydrogen) atoms. The van der Waals surface area contributed by atoms with Gasteiger partial charge in [-0.2, -0.15) is 0 Å². The van der Waals surface area contributed by atoms with Crippen molar-refractivity contribution in [3.05, 3.63) is 60.2 Å². The van der Waals surface area contributed by atoms with E-state index in [4.69, 9.17) is 0 Å². The van der Waals surface area contributed by atoms with Crippen molar-refractivity contribution in [1.29, 1.82) is 0 Å². The Morgan fingerprint density at radius 3 is 1.95 bits per heavy atom. The lowest BCUT2D eigenvalue weighted by molar-refractivity contribution is -0.120. The van der Waals surface area contributed by atoms with E-state index in [-0.39, 0.29) is 0 Å². The maximum Gasteiger partial charge on any atom is 0.132 e. The third-order valence-corrected chi connectivity index (χ3v) is 4.03. The summed E-state index contributed by atoms with van der Waals surface area (Å²) in [7, 11) is 0. The van der Waals surface area contributed by atoms with Gasteiger partial charge in [0.1, 0.15) is 5.78 Å². The Labute approximate surface area is 114 Å². The summed E-state index contributed by atoms with van der Waals surface area (Å²) < 4.78 is 0. The van der Waals surface area contributed by atoms with E-state index < -0.39 is 0 Å². The average Bonchev–Trinajstić information content (AvgIpc) is 2.49. The normalized spacial score (nSPS) is 16.5. The molecule has 3 rings (SSSR count). The molecular formula is C18H18O. The second kappa shape index (κ2) is 5.40. The van der Waals surface area contributed by atoms with Gasteiger partial charge in [-0.3, -0.25) is 4.79 Å². The summed E-state index contributed by atoms with van der Waals surface area (Å²) in [4.78, 5) is 11.3. The first-order valence-corrected chi connectivity index (χ1v) is 7.00. The molecule has 1 aliphatic carbocycles. The van der Waals surface area contributed by atoms with Crippen molar-refractivity contribution in [2.45, 2.75) is 31.6 Å². The zero-order valence-corrected chi connectivity index (χ0v) is 11.0. The number of ketones is 1. The molecule has 0 heterocycles. The van der Waals surface area contributed by atoms with Gasteiger partial charge in [-0.25, -0.2) is 0 Å². The third kappa shape index (κ3) is 2.76. The van der Waals surface area contributed by atoms with Crippen LogP contribution >= 0.6 is 0 Å². The fourth-order valence-electron chi connectivity index (χ4n) is 2.85. The Morgan fingerprint density at radius 2 is 1.32 bits per heavy atom. The highest BCUT2D eigenvalue weighted by Crippen LogP contribution is 2.32. The van der Waals surface area contributed by atoms with Crippen molar-refractivity contribution in [3.8, 4) is 11.1 Å². The van der Waals surface area contributed by atoms with Gasteiger partial charge < -0.3 is 0 Å². The van der Waals surface area contributed by atoms with Crippen molar-refractivity contribution in [3.63, 3.8) is 0 Å². The van der Waals surface area contributed by atoms with Gasteiger partial charge in [0.05, 0.1) is 0 Å². The molecule has 0 aromatic heterocycles. The van der Waals surface area contributed by atoms with E-state index >= 15 is 0 Å². The van der Waals surface area contributed by atoms with Crippen molar-refractivity contribution in [2.75, 3.05) is 0 Å². The smallest absolute Gasteiger partial charge is 0.132 e. The molecule has 0 bridgehead atoms. The molecular weight excluding hydrogens is 232 g/mol. The Kier molecular flexibility index (Phi) is 3.45. The fourth-order valence-corrected chi connectivity index (χ4v) is 2.85. The van der Waals surface area contributed by atoms with E-state index in [1.165, 1.54) is 16.7 Å². The van der Waals surface area contributed by atoms with Crippen LogP contribution in [0, 0.1) is 0 Å². The molecule has 0 unspecified atom stereocenters. The number of carbonyl (C=O) groups is 1. The van der Waals surface area contributed by atoms with Crippen molar-refractivity contribution in [2.24, 2.45) is 0 Å². The van der Waals surface area contributed by atoms with Gasteiger partial charge in [-0.1, -0.05) is 54.6 Å². The quantitative estimate of drug-likeness (QED) is 0.762. The predicted molar refractivity (Wildman–Crippen MR) is 78.1 cm³/mol. The number of benzene rings is 2. The van der Waals surface area contributed by atoms with Gasteiger partial charge >= 0.3 is 0 Å². The summed E-state index contributed by atoms with van der Waals surface area (Å²) in [5.74, 6) is 1.000. The zero-order chi connectivity index (χ0) is 13.1. The molecule has 1 heteroatoms. The van der Waals surface area contributed by atoms with Crippen LogP contribution in [0.3, 0.4) is 0 Å². The van der Waals surface area contributed by atoms with Gasteiger partial charge in [0, 0.05) is 12.8 Å². The molecule has 1 saturated carbocycles. The summed E-state index contributed by atoms with van der Waals surface area (Å²) in [6, 6.07) is 19.3. The highest BCUT2D eigenvalue weighted by atomic mass is 16.1. The predicted octanol–water partition coefficient (Wildman–Crippen LogP) is 4.58. The summed E-state index contributed by atoms with van der Waals surface area (Å²) in [5.41, 5.74) is 3.90. The molecule has 0 N–H and O–H groups in total. The topological polar surface area (TPSA) is 17.1 Å². The summed E-state index contributed by atoms with van der Waals surface area (Å²) in [6.45, 7) is 0. The lowest BCUT2D eigenvalue weighted by atomic mass is 9.83. The lowest BCUT2D eigenvalue weighted by Crippen LogP contribution is -2.12. The second-order valence-corrected chi connectivity index (χ2v) is 5.30. The second-order valence-electron chi connectivity index (χ2n) is 5.30. The van der Waals surface area contributed by atoms with Crippen LogP contribution in [0.2, 0.25) is 0 Å². The first-order valence-electron chi connectivity index (χ1n) is 7.00. The van der Waals surface area contributed by atoms with E-state index in [1.54, 1.807) is 0 Å². The van der Waals surface area contributed by atoms with Crippen molar-refractivity contribution in [1.82, 2.24) is 0 Å². The Bertz CT molecular complexity index is 544. The first-order chi connectivity index (χ1) is 9.33. The lowest BCUT2D eigenvalue weighted by Gasteiger charge is -2.21. The maximum atomic E-state index is 11.3. The van der Waals surface area contributed by atoms with Gasteiger partial charge in [-0.05, 0) is 35.4 Å². The van der Waals surface area contributed by atoms with E-state index in [9.17, 15) is 4.79 Å². The zero-order valence-electron chi connectivity index (χ0n) is 11.0. The minimum atomic E-state index is 0.428. The number of hydrogen-bond acceptors (Lipinski definition) is 1.